The summed E-state index contributed by atoms with van der Waals surface area (Å²) in [5.74, 6) is 1.77. The summed E-state index contributed by atoms with van der Waals surface area (Å²) in [6.07, 6.45) is 7.71. The van der Waals surface area contributed by atoms with E-state index in [1.807, 2.05) is 0 Å². The standard InChI is InChI=1S/C18H27NO2/c1-4-13-7-8-14(15(11-13)20-3)21-17-12-16(19-2)18(17)9-5-6-10-18/h7-8,11,16-17,19H,4-6,9-10,12H2,1-3H3. The number of ether oxygens (including phenoxy) is 2. The number of methoxy groups -OCH3 is 1. The van der Waals surface area contributed by atoms with Gasteiger partial charge < -0.3 is 14.8 Å². The molecule has 21 heavy (non-hydrogen) atoms. The Balaban J connectivity index is 1.78. The highest BCUT2D eigenvalue weighted by Crippen LogP contribution is 2.55. The number of rotatable bonds is 5. The summed E-state index contributed by atoms with van der Waals surface area (Å²) in [5.41, 5.74) is 1.64. The van der Waals surface area contributed by atoms with Crippen molar-refractivity contribution in [2.45, 2.75) is 57.6 Å². The van der Waals surface area contributed by atoms with Crippen molar-refractivity contribution in [3.8, 4) is 11.5 Å². The lowest BCUT2D eigenvalue weighted by molar-refractivity contribution is -0.0744. The van der Waals surface area contributed by atoms with Crippen LogP contribution in [0.3, 0.4) is 0 Å². The van der Waals surface area contributed by atoms with Crippen LogP contribution in [0, 0.1) is 5.41 Å². The van der Waals surface area contributed by atoms with E-state index >= 15 is 0 Å². The van der Waals surface area contributed by atoms with Crippen LogP contribution in [-0.4, -0.2) is 26.3 Å². The fourth-order valence-electron chi connectivity index (χ4n) is 4.20. The van der Waals surface area contributed by atoms with E-state index in [1.165, 1.54) is 31.2 Å². The third-order valence-electron chi connectivity index (χ3n) is 5.57. The minimum Gasteiger partial charge on any atom is -0.493 e. The lowest BCUT2D eigenvalue weighted by atomic mass is 9.60. The van der Waals surface area contributed by atoms with Crippen LogP contribution >= 0.6 is 0 Å². The predicted octanol–water partition coefficient (Wildman–Crippen LogP) is 3.56. The van der Waals surface area contributed by atoms with Gasteiger partial charge in [0.2, 0.25) is 0 Å². The van der Waals surface area contributed by atoms with E-state index < -0.39 is 0 Å². The molecule has 2 saturated carbocycles. The lowest BCUT2D eigenvalue weighted by Crippen LogP contribution is -2.63. The first-order valence-corrected chi connectivity index (χ1v) is 8.24. The zero-order chi connectivity index (χ0) is 14.9. The van der Waals surface area contributed by atoms with Gasteiger partial charge in [0, 0.05) is 17.9 Å². The molecule has 2 atom stereocenters. The number of nitrogens with one attached hydrogen (secondary N) is 1. The first-order valence-electron chi connectivity index (χ1n) is 8.24. The molecular weight excluding hydrogens is 262 g/mol. The first kappa shape index (κ1) is 14.7. The molecule has 1 aromatic rings. The number of benzene rings is 1. The van der Waals surface area contributed by atoms with Crippen molar-refractivity contribution >= 4 is 0 Å². The Labute approximate surface area is 128 Å². The fraction of sp³-hybridized carbons (Fsp3) is 0.667. The highest BCUT2D eigenvalue weighted by molar-refractivity contribution is 5.43. The molecule has 2 unspecified atom stereocenters. The summed E-state index contributed by atoms with van der Waals surface area (Å²) in [4.78, 5) is 0. The molecule has 0 aromatic heterocycles. The van der Waals surface area contributed by atoms with Crippen LogP contribution in [0.2, 0.25) is 0 Å². The van der Waals surface area contributed by atoms with Gasteiger partial charge in [-0.05, 0) is 44.0 Å². The molecular formula is C18H27NO2. The van der Waals surface area contributed by atoms with E-state index in [4.69, 9.17) is 9.47 Å². The maximum atomic E-state index is 6.38. The van der Waals surface area contributed by atoms with Crippen LogP contribution < -0.4 is 14.8 Å². The molecule has 0 aliphatic heterocycles. The van der Waals surface area contributed by atoms with E-state index in [2.05, 4.69) is 37.5 Å². The molecule has 0 saturated heterocycles. The van der Waals surface area contributed by atoms with Crippen molar-refractivity contribution in [3.05, 3.63) is 23.8 Å². The van der Waals surface area contributed by atoms with Gasteiger partial charge in [-0.1, -0.05) is 25.8 Å². The number of hydrogen-bond donors (Lipinski definition) is 1. The molecule has 1 N–H and O–H groups in total. The molecule has 0 amide bonds. The van der Waals surface area contributed by atoms with Gasteiger partial charge in [0.25, 0.3) is 0 Å². The predicted molar refractivity (Wildman–Crippen MR) is 85.2 cm³/mol. The molecule has 0 heterocycles. The highest BCUT2D eigenvalue weighted by atomic mass is 16.5. The minimum atomic E-state index is 0.332. The minimum absolute atomic E-state index is 0.332. The second-order valence-corrected chi connectivity index (χ2v) is 6.46. The fourth-order valence-corrected chi connectivity index (χ4v) is 4.20. The number of aryl methyl sites for hydroxylation is 1. The van der Waals surface area contributed by atoms with Crippen LogP contribution in [-0.2, 0) is 6.42 Å². The van der Waals surface area contributed by atoms with E-state index in [1.54, 1.807) is 7.11 Å². The topological polar surface area (TPSA) is 30.5 Å². The molecule has 2 fully saturated rings. The lowest BCUT2D eigenvalue weighted by Gasteiger charge is -2.53. The van der Waals surface area contributed by atoms with Crippen molar-refractivity contribution < 1.29 is 9.47 Å². The third kappa shape index (κ3) is 2.42. The average Bonchev–Trinajstić information content (AvgIpc) is 3.03. The number of hydrogen-bond acceptors (Lipinski definition) is 3. The maximum absolute atomic E-state index is 6.38. The second-order valence-electron chi connectivity index (χ2n) is 6.46. The second kappa shape index (κ2) is 5.88. The summed E-state index contributed by atoms with van der Waals surface area (Å²) >= 11 is 0. The Morgan fingerprint density at radius 2 is 2.00 bits per heavy atom. The van der Waals surface area contributed by atoms with Crippen molar-refractivity contribution in [2.24, 2.45) is 5.41 Å². The molecule has 1 spiro atoms. The zero-order valence-electron chi connectivity index (χ0n) is 13.4. The van der Waals surface area contributed by atoms with Gasteiger partial charge in [0.05, 0.1) is 7.11 Å². The summed E-state index contributed by atoms with van der Waals surface area (Å²) in [6.45, 7) is 2.16. The Hall–Kier alpha value is -1.22. The molecule has 0 radical (unpaired) electrons. The van der Waals surface area contributed by atoms with Gasteiger partial charge in [-0.15, -0.1) is 0 Å². The Morgan fingerprint density at radius 1 is 1.24 bits per heavy atom. The van der Waals surface area contributed by atoms with Crippen LogP contribution in [0.25, 0.3) is 0 Å². The molecule has 2 aliphatic rings. The monoisotopic (exact) mass is 289 g/mol. The molecule has 2 aliphatic carbocycles. The summed E-state index contributed by atoms with van der Waals surface area (Å²) in [5, 5.41) is 3.49. The quantitative estimate of drug-likeness (QED) is 0.899. The first-order chi connectivity index (χ1) is 10.2. The van der Waals surface area contributed by atoms with Crippen molar-refractivity contribution in [1.29, 1.82) is 0 Å². The van der Waals surface area contributed by atoms with Crippen molar-refractivity contribution in [1.82, 2.24) is 5.32 Å². The molecule has 0 bridgehead atoms. The van der Waals surface area contributed by atoms with E-state index in [9.17, 15) is 0 Å². The maximum Gasteiger partial charge on any atom is 0.161 e. The van der Waals surface area contributed by atoms with Gasteiger partial charge in [0.1, 0.15) is 6.10 Å². The van der Waals surface area contributed by atoms with Gasteiger partial charge in [-0.2, -0.15) is 0 Å². The largest absolute Gasteiger partial charge is 0.493 e. The van der Waals surface area contributed by atoms with Gasteiger partial charge in [-0.25, -0.2) is 0 Å². The Bertz CT molecular complexity index is 494. The van der Waals surface area contributed by atoms with Crippen molar-refractivity contribution in [2.75, 3.05) is 14.2 Å². The van der Waals surface area contributed by atoms with Gasteiger partial charge in [-0.3, -0.25) is 0 Å². The van der Waals surface area contributed by atoms with E-state index in [-0.39, 0.29) is 0 Å². The summed E-state index contributed by atoms with van der Waals surface area (Å²) in [6, 6.07) is 6.94. The molecule has 3 nitrogen and oxygen atoms in total. The molecule has 116 valence electrons. The molecule has 1 aromatic carbocycles. The van der Waals surface area contributed by atoms with Crippen molar-refractivity contribution in [3.63, 3.8) is 0 Å². The average molecular weight is 289 g/mol. The summed E-state index contributed by atoms with van der Waals surface area (Å²) < 4.78 is 11.9. The SMILES string of the molecule is CCc1ccc(OC2CC(NC)C23CCCC3)c(OC)c1. The van der Waals surface area contributed by atoms with E-state index in [0.29, 0.717) is 17.6 Å². The normalized spacial score (nSPS) is 26.6. The Kier molecular flexibility index (Phi) is 4.12. The van der Waals surface area contributed by atoms with Crippen LogP contribution in [0.15, 0.2) is 18.2 Å². The van der Waals surface area contributed by atoms with Gasteiger partial charge in [0.15, 0.2) is 11.5 Å². The smallest absolute Gasteiger partial charge is 0.161 e. The van der Waals surface area contributed by atoms with Crippen LogP contribution in [0.5, 0.6) is 11.5 Å². The molecule has 3 heteroatoms. The third-order valence-corrected chi connectivity index (χ3v) is 5.57. The highest BCUT2D eigenvalue weighted by Gasteiger charge is 2.57. The Morgan fingerprint density at radius 3 is 2.62 bits per heavy atom. The zero-order valence-corrected chi connectivity index (χ0v) is 13.4. The van der Waals surface area contributed by atoms with E-state index in [0.717, 1.165) is 24.3 Å². The molecule has 3 rings (SSSR count). The summed E-state index contributed by atoms with van der Waals surface area (Å²) in [7, 11) is 3.81. The van der Waals surface area contributed by atoms with Gasteiger partial charge >= 0.3 is 0 Å². The van der Waals surface area contributed by atoms with Crippen LogP contribution in [0.1, 0.15) is 44.6 Å². The van der Waals surface area contributed by atoms with Crippen LogP contribution in [0.4, 0.5) is 0 Å².